The normalized spacial score (nSPS) is 15.9. The maximum atomic E-state index is 13.6. The van der Waals surface area contributed by atoms with Crippen molar-refractivity contribution in [2.45, 2.75) is 33.7 Å². The highest BCUT2D eigenvalue weighted by Gasteiger charge is 2.42. The zero-order valence-electron chi connectivity index (χ0n) is 18.4. The smallest absolute Gasteiger partial charge is 0.290 e. The van der Waals surface area contributed by atoms with Gasteiger partial charge < -0.3 is 14.2 Å². The summed E-state index contributed by atoms with van der Waals surface area (Å²) in [5, 5.41) is 0.465. The Morgan fingerprint density at radius 3 is 2.32 bits per heavy atom. The van der Waals surface area contributed by atoms with Gasteiger partial charge in [-0.15, -0.1) is 0 Å². The molecule has 6 heteroatoms. The van der Waals surface area contributed by atoms with E-state index in [4.69, 9.17) is 4.42 Å². The highest BCUT2D eigenvalue weighted by atomic mass is 19.1. The molecule has 2 heterocycles. The number of fused-ring (bicyclic) bond motifs is 2. The number of amides is 1. The monoisotopic (exact) mass is 422 g/mol. The van der Waals surface area contributed by atoms with Crippen molar-refractivity contribution in [1.29, 1.82) is 0 Å². The molecule has 162 valence electrons. The Balaban J connectivity index is 1.89. The zero-order chi connectivity index (χ0) is 22.3. The van der Waals surface area contributed by atoms with E-state index in [9.17, 15) is 14.0 Å². The summed E-state index contributed by atoms with van der Waals surface area (Å²) in [7, 11) is 0. The van der Waals surface area contributed by atoms with Crippen LogP contribution >= 0.6 is 0 Å². The predicted molar refractivity (Wildman–Crippen MR) is 119 cm³/mol. The third-order valence-corrected chi connectivity index (χ3v) is 6.32. The number of carbonyl (C=O) groups excluding carboxylic acids is 1. The molecule has 0 N–H and O–H groups in total. The van der Waals surface area contributed by atoms with Crippen LogP contribution in [0.25, 0.3) is 11.0 Å². The SMILES string of the molecule is CCN(CC)CCN1C(=O)c2oc3cc(C)c(C)cc3c(=O)c2[C@@H]1c1ccc(F)cc1. The molecule has 1 aliphatic rings. The molecule has 1 aromatic heterocycles. The van der Waals surface area contributed by atoms with Crippen molar-refractivity contribution in [3.05, 3.63) is 80.5 Å². The highest BCUT2D eigenvalue weighted by molar-refractivity contribution is 5.99. The van der Waals surface area contributed by atoms with E-state index in [2.05, 4.69) is 18.7 Å². The maximum absolute atomic E-state index is 13.6. The van der Waals surface area contributed by atoms with Crippen LogP contribution < -0.4 is 5.43 Å². The van der Waals surface area contributed by atoms with Gasteiger partial charge in [0.05, 0.1) is 17.0 Å². The van der Waals surface area contributed by atoms with E-state index >= 15 is 0 Å². The van der Waals surface area contributed by atoms with Gasteiger partial charge in [-0.2, -0.15) is 0 Å². The van der Waals surface area contributed by atoms with Gasteiger partial charge in [-0.05, 0) is 67.9 Å². The summed E-state index contributed by atoms with van der Waals surface area (Å²) < 4.78 is 19.6. The van der Waals surface area contributed by atoms with Crippen molar-refractivity contribution in [3.8, 4) is 0 Å². The summed E-state index contributed by atoms with van der Waals surface area (Å²) in [5.41, 5.74) is 3.24. The summed E-state index contributed by atoms with van der Waals surface area (Å²) in [5.74, 6) is -0.567. The van der Waals surface area contributed by atoms with Crippen LogP contribution in [0.5, 0.6) is 0 Å². The van der Waals surface area contributed by atoms with E-state index < -0.39 is 6.04 Å². The average molecular weight is 423 g/mol. The third-order valence-electron chi connectivity index (χ3n) is 6.32. The molecule has 1 atom stereocenters. The minimum atomic E-state index is -0.596. The van der Waals surface area contributed by atoms with Crippen molar-refractivity contribution in [3.63, 3.8) is 0 Å². The standard InChI is InChI=1S/C25H27FN2O3/c1-5-27(6-2)11-12-28-22(17-7-9-18(26)10-8-17)21-23(29)19-13-15(3)16(4)14-20(19)31-24(21)25(28)30/h7-10,13-14,22H,5-6,11-12H2,1-4H3/t22-/m0/s1. The summed E-state index contributed by atoms with van der Waals surface area (Å²) in [6.45, 7) is 10.9. The quantitative estimate of drug-likeness (QED) is 0.590. The molecular weight excluding hydrogens is 395 g/mol. The number of carbonyl (C=O) groups is 1. The van der Waals surface area contributed by atoms with Gasteiger partial charge in [0.1, 0.15) is 11.4 Å². The summed E-state index contributed by atoms with van der Waals surface area (Å²) in [6.07, 6.45) is 0. The van der Waals surface area contributed by atoms with Crippen molar-refractivity contribution in [2.75, 3.05) is 26.2 Å². The van der Waals surface area contributed by atoms with Gasteiger partial charge in [0, 0.05) is 13.1 Å². The average Bonchev–Trinajstić information content (AvgIpc) is 3.03. The van der Waals surface area contributed by atoms with Crippen LogP contribution in [0.2, 0.25) is 0 Å². The van der Waals surface area contributed by atoms with E-state index in [0.29, 0.717) is 35.2 Å². The Hall–Kier alpha value is -2.99. The lowest BCUT2D eigenvalue weighted by Crippen LogP contribution is -2.37. The van der Waals surface area contributed by atoms with Crippen LogP contribution in [0.4, 0.5) is 4.39 Å². The van der Waals surface area contributed by atoms with Crippen LogP contribution in [-0.2, 0) is 0 Å². The number of benzene rings is 2. The second-order valence-electron chi connectivity index (χ2n) is 8.09. The van der Waals surface area contributed by atoms with E-state index in [1.807, 2.05) is 26.0 Å². The molecule has 31 heavy (non-hydrogen) atoms. The molecule has 0 unspecified atom stereocenters. The van der Waals surface area contributed by atoms with E-state index in [1.54, 1.807) is 17.0 Å². The first-order valence-corrected chi connectivity index (χ1v) is 10.7. The lowest BCUT2D eigenvalue weighted by molar-refractivity contribution is 0.0708. The Kier molecular flexibility index (Phi) is 5.67. The molecule has 0 saturated carbocycles. The minimum Gasteiger partial charge on any atom is -0.450 e. The molecule has 4 rings (SSSR count). The van der Waals surface area contributed by atoms with Crippen molar-refractivity contribution >= 4 is 16.9 Å². The molecule has 1 amide bonds. The van der Waals surface area contributed by atoms with Crippen LogP contribution in [0.15, 0.2) is 45.6 Å². The number of rotatable bonds is 6. The fourth-order valence-corrected chi connectivity index (χ4v) is 4.29. The highest BCUT2D eigenvalue weighted by Crippen LogP contribution is 2.38. The molecule has 0 saturated heterocycles. The molecule has 1 aliphatic heterocycles. The number of likely N-dealkylation sites (N-methyl/N-ethyl adjacent to an activating group) is 1. The number of hydrogen-bond donors (Lipinski definition) is 0. The summed E-state index contributed by atoms with van der Waals surface area (Å²) >= 11 is 0. The van der Waals surface area contributed by atoms with Gasteiger partial charge in [0.15, 0.2) is 5.43 Å². The fraction of sp³-hybridized carbons (Fsp3) is 0.360. The first kappa shape index (κ1) is 21.2. The second kappa shape index (κ2) is 8.27. The van der Waals surface area contributed by atoms with Gasteiger partial charge in [0.2, 0.25) is 5.76 Å². The van der Waals surface area contributed by atoms with Gasteiger partial charge in [0.25, 0.3) is 5.91 Å². The maximum Gasteiger partial charge on any atom is 0.290 e. The molecule has 0 spiro atoms. The Labute approximate surface area is 181 Å². The summed E-state index contributed by atoms with van der Waals surface area (Å²) in [6, 6.07) is 9.02. The predicted octanol–water partition coefficient (Wildman–Crippen LogP) is 4.44. The van der Waals surface area contributed by atoms with E-state index in [0.717, 1.165) is 24.2 Å². The Morgan fingerprint density at radius 1 is 1.03 bits per heavy atom. The van der Waals surface area contributed by atoms with Crippen molar-refractivity contribution in [1.82, 2.24) is 9.80 Å². The van der Waals surface area contributed by atoms with Crippen molar-refractivity contribution < 1.29 is 13.6 Å². The van der Waals surface area contributed by atoms with Crippen LogP contribution in [0.1, 0.15) is 52.7 Å². The lowest BCUT2D eigenvalue weighted by atomic mass is 9.97. The summed E-state index contributed by atoms with van der Waals surface area (Å²) in [4.78, 5) is 30.8. The topological polar surface area (TPSA) is 53.8 Å². The van der Waals surface area contributed by atoms with Crippen LogP contribution in [0.3, 0.4) is 0 Å². The molecule has 5 nitrogen and oxygen atoms in total. The third kappa shape index (κ3) is 3.65. The Bertz CT molecular complexity index is 1200. The largest absolute Gasteiger partial charge is 0.450 e. The van der Waals surface area contributed by atoms with E-state index in [-0.39, 0.29) is 22.9 Å². The van der Waals surface area contributed by atoms with Gasteiger partial charge in [-0.3, -0.25) is 9.59 Å². The number of aryl methyl sites for hydroxylation is 2. The first-order valence-electron chi connectivity index (χ1n) is 10.7. The zero-order valence-corrected chi connectivity index (χ0v) is 18.4. The molecule has 0 aliphatic carbocycles. The lowest BCUT2D eigenvalue weighted by Gasteiger charge is -2.28. The van der Waals surface area contributed by atoms with Crippen LogP contribution in [0, 0.1) is 19.7 Å². The molecule has 0 fully saturated rings. The molecule has 2 aromatic carbocycles. The molecule has 3 aromatic rings. The van der Waals surface area contributed by atoms with Gasteiger partial charge >= 0.3 is 0 Å². The minimum absolute atomic E-state index is 0.0922. The van der Waals surface area contributed by atoms with Gasteiger partial charge in [-0.25, -0.2) is 4.39 Å². The molecule has 0 radical (unpaired) electrons. The Morgan fingerprint density at radius 2 is 1.68 bits per heavy atom. The number of hydrogen-bond acceptors (Lipinski definition) is 4. The van der Waals surface area contributed by atoms with Crippen molar-refractivity contribution in [2.24, 2.45) is 0 Å². The van der Waals surface area contributed by atoms with Crippen LogP contribution in [-0.4, -0.2) is 41.9 Å². The first-order chi connectivity index (χ1) is 14.8. The molecular formula is C25H27FN2O3. The molecule has 0 bridgehead atoms. The fourth-order valence-electron chi connectivity index (χ4n) is 4.29. The van der Waals surface area contributed by atoms with E-state index in [1.165, 1.54) is 12.1 Å². The number of nitrogens with zero attached hydrogens (tertiary/aromatic N) is 2. The van der Waals surface area contributed by atoms with Gasteiger partial charge in [-0.1, -0.05) is 26.0 Å². The number of halogens is 1. The second-order valence-corrected chi connectivity index (χ2v) is 8.09.